The van der Waals surface area contributed by atoms with Crippen LogP contribution in [0.2, 0.25) is 0 Å². The summed E-state index contributed by atoms with van der Waals surface area (Å²) in [5.74, 6) is 0.510. The maximum atomic E-state index is 12.7. The van der Waals surface area contributed by atoms with Crippen molar-refractivity contribution < 1.29 is 9.53 Å². The van der Waals surface area contributed by atoms with Crippen LogP contribution >= 0.6 is 0 Å². The molecule has 1 amide bonds. The third-order valence-corrected chi connectivity index (χ3v) is 4.74. The largest absolute Gasteiger partial charge is 0.385 e. The van der Waals surface area contributed by atoms with Gasteiger partial charge in [-0.3, -0.25) is 4.79 Å². The Balaban J connectivity index is 1.45. The van der Waals surface area contributed by atoms with Gasteiger partial charge in [-0.05, 0) is 32.3 Å². The van der Waals surface area contributed by atoms with Crippen molar-refractivity contribution in [1.29, 1.82) is 0 Å². The molecular weight excluding hydrogens is 346 g/mol. The van der Waals surface area contributed by atoms with E-state index < -0.39 is 0 Å². The Morgan fingerprint density at radius 1 is 1.37 bits per heavy atom. The second-order valence-electron chi connectivity index (χ2n) is 6.87. The van der Waals surface area contributed by atoms with Crippen molar-refractivity contribution in [1.82, 2.24) is 34.6 Å². The molecule has 1 N–H and O–H groups in total. The zero-order chi connectivity index (χ0) is 18.8. The number of rotatable bonds is 8. The smallest absolute Gasteiger partial charge is 0.253 e. The van der Waals surface area contributed by atoms with Gasteiger partial charge >= 0.3 is 0 Å². The van der Waals surface area contributed by atoms with Gasteiger partial charge < -0.3 is 19.2 Å². The Labute approximate surface area is 156 Å². The van der Waals surface area contributed by atoms with Crippen molar-refractivity contribution in [2.24, 2.45) is 0 Å². The highest BCUT2D eigenvalue weighted by atomic mass is 16.5. The maximum Gasteiger partial charge on any atom is 0.253 e. The van der Waals surface area contributed by atoms with Gasteiger partial charge in [0, 0.05) is 32.5 Å². The molecule has 1 fully saturated rings. The quantitative estimate of drug-likeness (QED) is 0.609. The molecule has 0 spiro atoms. The van der Waals surface area contributed by atoms with Gasteiger partial charge in [0.1, 0.15) is 11.8 Å². The van der Waals surface area contributed by atoms with Gasteiger partial charge in [0.25, 0.3) is 5.91 Å². The molecule has 0 aromatic carbocycles. The van der Waals surface area contributed by atoms with Crippen molar-refractivity contribution >= 4 is 17.1 Å². The number of fused-ring (bicyclic) bond motifs is 1. The predicted molar refractivity (Wildman–Crippen MR) is 98.2 cm³/mol. The zero-order valence-corrected chi connectivity index (χ0v) is 15.5. The number of carbonyl (C=O) groups is 1. The van der Waals surface area contributed by atoms with Gasteiger partial charge in [0.05, 0.1) is 17.9 Å². The molecule has 1 aliphatic carbocycles. The summed E-state index contributed by atoms with van der Waals surface area (Å²) in [6.45, 7) is 3.29. The highest BCUT2D eigenvalue weighted by molar-refractivity contribution is 5.96. The van der Waals surface area contributed by atoms with Crippen LogP contribution in [0, 0.1) is 0 Å². The van der Waals surface area contributed by atoms with E-state index in [1.165, 1.54) is 0 Å². The second kappa shape index (κ2) is 7.43. The molecule has 0 bridgehead atoms. The molecule has 3 aromatic heterocycles. The normalized spacial score (nSPS) is 15.2. The number of nitrogens with one attached hydrogen (secondary N) is 1. The predicted octanol–water partition coefficient (Wildman–Crippen LogP) is 1.89. The number of aromatic nitrogens is 6. The van der Waals surface area contributed by atoms with E-state index in [-0.39, 0.29) is 11.9 Å². The van der Waals surface area contributed by atoms with Crippen LogP contribution in [0.4, 0.5) is 0 Å². The highest BCUT2D eigenvalue weighted by Gasteiger charge is 2.26. The molecule has 3 aromatic rings. The molecule has 1 unspecified atom stereocenters. The number of hydrogen-bond donors (Lipinski definition) is 1. The van der Waals surface area contributed by atoms with E-state index in [2.05, 4.69) is 30.0 Å². The number of carbonyl (C=O) groups excluding carboxylic acids is 1. The molecular formula is C18H23N7O2. The summed E-state index contributed by atoms with van der Waals surface area (Å²) in [5, 5.41) is 11.1. The van der Waals surface area contributed by atoms with Crippen LogP contribution in [0.3, 0.4) is 0 Å². The first-order valence-corrected chi connectivity index (χ1v) is 9.17. The van der Waals surface area contributed by atoms with E-state index >= 15 is 0 Å². The number of hydrogen-bond acceptors (Lipinski definition) is 6. The van der Waals surface area contributed by atoms with Crippen molar-refractivity contribution in [3.8, 4) is 0 Å². The molecule has 9 nitrogen and oxygen atoms in total. The molecule has 1 saturated carbocycles. The van der Waals surface area contributed by atoms with Crippen LogP contribution in [0.25, 0.3) is 11.2 Å². The monoisotopic (exact) mass is 369 g/mol. The first-order chi connectivity index (χ1) is 13.2. The second-order valence-corrected chi connectivity index (χ2v) is 6.87. The van der Waals surface area contributed by atoms with Crippen LogP contribution in [0.15, 0.2) is 24.9 Å². The minimum atomic E-state index is -0.276. The van der Waals surface area contributed by atoms with E-state index in [9.17, 15) is 4.79 Å². The Morgan fingerprint density at radius 3 is 3.00 bits per heavy atom. The summed E-state index contributed by atoms with van der Waals surface area (Å²) < 4.78 is 9.10. The number of imidazole rings is 1. The van der Waals surface area contributed by atoms with Gasteiger partial charge in [-0.1, -0.05) is 0 Å². The molecule has 142 valence electrons. The number of pyridine rings is 1. The summed E-state index contributed by atoms with van der Waals surface area (Å²) in [7, 11) is 1.68. The molecule has 1 atom stereocenters. The average Bonchev–Trinajstić information content (AvgIpc) is 3.25. The third kappa shape index (κ3) is 3.68. The number of amides is 1. The Morgan fingerprint density at radius 2 is 2.22 bits per heavy atom. The lowest BCUT2D eigenvalue weighted by Gasteiger charge is -2.15. The highest BCUT2D eigenvalue weighted by Crippen LogP contribution is 2.36. The van der Waals surface area contributed by atoms with Crippen molar-refractivity contribution in [2.45, 2.75) is 44.8 Å². The van der Waals surface area contributed by atoms with Crippen LogP contribution in [-0.2, 0) is 11.3 Å². The lowest BCUT2D eigenvalue weighted by Crippen LogP contribution is -2.29. The van der Waals surface area contributed by atoms with Crippen LogP contribution < -0.4 is 5.32 Å². The summed E-state index contributed by atoms with van der Waals surface area (Å²) in [5.41, 5.74) is 2.06. The summed E-state index contributed by atoms with van der Waals surface area (Å²) in [6, 6.07) is 2.01. The number of nitrogens with zero attached hydrogens (tertiary/aromatic N) is 6. The SMILES string of the molecule is COCCCn1cnnc1C(C)NC(=O)c1cnc2c(c1)ncn2C1CC1. The fraction of sp³-hybridized carbons (Fsp3) is 0.500. The van der Waals surface area contributed by atoms with Crippen LogP contribution in [0.1, 0.15) is 54.5 Å². The Hall–Kier alpha value is -2.81. The van der Waals surface area contributed by atoms with E-state index in [4.69, 9.17) is 4.74 Å². The molecule has 1 aliphatic rings. The molecule has 4 rings (SSSR count). The van der Waals surface area contributed by atoms with E-state index in [0.717, 1.165) is 37.0 Å². The fourth-order valence-electron chi connectivity index (χ4n) is 3.16. The molecule has 9 heteroatoms. The molecule has 27 heavy (non-hydrogen) atoms. The maximum absolute atomic E-state index is 12.7. The van der Waals surface area contributed by atoms with Crippen molar-refractivity contribution in [3.05, 3.63) is 36.3 Å². The lowest BCUT2D eigenvalue weighted by atomic mass is 10.2. The van der Waals surface area contributed by atoms with Crippen LogP contribution in [-0.4, -0.2) is 48.9 Å². The summed E-state index contributed by atoms with van der Waals surface area (Å²) in [6.07, 6.45) is 8.27. The first-order valence-electron chi connectivity index (χ1n) is 9.17. The molecule has 0 saturated heterocycles. The molecule has 3 heterocycles. The first kappa shape index (κ1) is 17.6. The molecule has 0 radical (unpaired) electrons. The minimum absolute atomic E-state index is 0.204. The van der Waals surface area contributed by atoms with Gasteiger partial charge in [0.2, 0.25) is 0 Å². The van der Waals surface area contributed by atoms with Gasteiger partial charge in [-0.15, -0.1) is 10.2 Å². The number of aryl methyl sites for hydroxylation is 1. The third-order valence-electron chi connectivity index (χ3n) is 4.74. The van der Waals surface area contributed by atoms with E-state index in [1.54, 1.807) is 25.7 Å². The summed E-state index contributed by atoms with van der Waals surface area (Å²) >= 11 is 0. The Kier molecular flexibility index (Phi) is 4.85. The zero-order valence-electron chi connectivity index (χ0n) is 15.5. The van der Waals surface area contributed by atoms with Gasteiger partial charge in [-0.2, -0.15) is 0 Å². The lowest BCUT2D eigenvalue weighted by molar-refractivity contribution is 0.0937. The van der Waals surface area contributed by atoms with E-state index in [0.29, 0.717) is 24.0 Å². The van der Waals surface area contributed by atoms with Gasteiger partial charge in [-0.25, -0.2) is 9.97 Å². The average molecular weight is 369 g/mol. The molecule has 0 aliphatic heterocycles. The minimum Gasteiger partial charge on any atom is -0.385 e. The van der Waals surface area contributed by atoms with Crippen molar-refractivity contribution in [2.75, 3.05) is 13.7 Å². The van der Waals surface area contributed by atoms with E-state index in [1.807, 2.05) is 17.8 Å². The Bertz CT molecular complexity index is 944. The summed E-state index contributed by atoms with van der Waals surface area (Å²) in [4.78, 5) is 21.5. The standard InChI is InChI=1S/C18H23N7O2/c1-12(16-23-21-11-24(16)6-3-7-27-2)22-18(26)13-8-15-17(19-9-13)25(10-20-15)14-4-5-14/h8-12,14H,3-7H2,1-2H3,(H,22,26). The van der Waals surface area contributed by atoms with Crippen molar-refractivity contribution in [3.63, 3.8) is 0 Å². The van der Waals surface area contributed by atoms with Crippen LogP contribution in [0.5, 0.6) is 0 Å². The topological polar surface area (TPSA) is 99.8 Å². The fourth-order valence-corrected chi connectivity index (χ4v) is 3.16. The number of ether oxygens (including phenoxy) is 1. The number of methoxy groups -OCH3 is 1. The van der Waals surface area contributed by atoms with Gasteiger partial charge in [0.15, 0.2) is 11.5 Å².